The predicted molar refractivity (Wildman–Crippen MR) is 79.4 cm³/mol. The molecule has 3 nitrogen and oxygen atoms in total. The minimum Gasteiger partial charge on any atom is -0.359 e. The van der Waals surface area contributed by atoms with Crippen molar-refractivity contribution in [3.05, 3.63) is 16.1 Å². The first-order chi connectivity index (χ1) is 8.76. The number of aryl methyl sites for hydroxylation is 1. The molecule has 3 rings (SSSR count). The van der Waals surface area contributed by atoms with Crippen LogP contribution in [0.5, 0.6) is 0 Å². The Morgan fingerprint density at radius 1 is 1.39 bits per heavy atom. The maximum absolute atomic E-state index is 4.67. The van der Waals surface area contributed by atoms with Crippen molar-refractivity contribution < 1.29 is 0 Å². The van der Waals surface area contributed by atoms with Gasteiger partial charge in [-0.3, -0.25) is 4.99 Å². The van der Waals surface area contributed by atoms with Gasteiger partial charge in [0.15, 0.2) is 5.17 Å². The molecule has 1 spiro atoms. The molecule has 0 unspecified atom stereocenters. The number of hydrogen-bond acceptors (Lipinski definition) is 4. The summed E-state index contributed by atoms with van der Waals surface area (Å²) < 4.78 is 0. The third-order valence-corrected chi connectivity index (χ3v) is 5.85. The number of hydrogen-bond donors (Lipinski definition) is 1. The number of thiazole rings is 1. The standard InChI is InChI=1S/C13H19N3S2/c1-10-8-17-11(15-10)7-14-12-16-13(9-18-12)5-3-2-4-6-13/h8H,2-7,9H2,1H3,(H,14,16). The van der Waals surface area contributed by atoms with E-state index in [1.54, 1.807) is 11.3 Å². The Labute approximate surface area is 116 Å². The molecule has 0 radical (unpaired) electrons. The molecule has 5 heteroatoms. The molecule has 1 N–H and O–H groups in total. The van der Waals surface area contributed by atoms with Gasteiger partial charge in [0.25, 0.3) is 0 Å². The molecule has 98 valence electrons. The van der Waals surface area contributed by atoms with E-state index >= 15 is 0 Å². The summed E-state index contributed by atoms with van der Waals surface area (Å²) in [6.07, 6.45) is 6.77. The second-order valence-corrected chi connectivity index (χ2v) is 7.17. The van der Waals surface area contributed by atoms with E-state index in [-0.39, 0.29) is 0 Å². The smallest absolute Gasteiger partial charge is 0.157 e. The Hall–Kier alpha value is -0.550. The van der Waals surface area contributed by atoms with E-state index in [0.29, 0.717) is 5.54 Å². The molecule has 1 saturated heterocycles. The maximum atomic E-state index is 4.67. The SMILES string of the molecule is Cc1csc(CN=C2NC3(CCCCC3)CS2)n1. The lowest BCUT2D eigenvalue weighted by Gasteiger charge is -2.32. The molecular formula is C13H19N3S2. The van der Waals surface area contributed by atoms with Crippen molar-refractivity contribution in [2.45, 2.75) is 51.1 Å². The van der Waals surface area contributed by atoms with Crippen LogP contribution in [0.15, 0.2) is 10.4 Å². The molecule has 1 aromatic heterocycles. The van der Waals surface area contributed by atoms with Crippen LogP contribution in [0.2, 0.25) is 0 Å². The quantitative estimate of drug-likeness (QED) is 0.903. The third kappa shape index (κ3) is 2.72. The lowest BCUT2D eigenvalue weighted by molar-refractivity contribution is 0.303. The molecule has 1 saturated carbocycles. The monoisotopic (exact) mass is 281 g/mol. The first kappa shape index (κ1) is 12.5. The molecule has 0 amide bonds. The highest BCUT2D eigenvalue weighted by Gasteiger charge is 2.37. The van der Waals surface area contributed by atoms with E-state index in [1.807, 2.05) is 18.7 Å². The zero-order valence-electron chi connectivity index (χ0n) is 10.7. The first-order valence-corrected chi connectivity index (χ1v) is 8.49. The number of aromatic nitrogens is 1. The average molecular weight is 281 g/mol. The summed E-state index contributed by atoms with van der Waals surface area (Å²) in [7, 11) is 0. The van der Waals surface area contributed by atoms with Crippen LogP contribution in [0, 0.1) is 6.92 Å². The fraction of sp³-hybridized carbons (Fsp3) is 0.692. The lowest BCUT2D eigenvalue weighted by Crippen LogP contribution is -2.45. The summed E-state index contributed by atoms with van der Waals surface area (Å²) in [4.78, 5) is 9.12. The van der Waals surface area contributed by atoms with Crippen LogP contribution in [-0.2, 0) is 6.54 Å². The highest BCUT2D eigenvalue weighted by atomic mass is 32.2. The molecule has 0 aromatic carbocycles. The zero-order valence-corrected chi connectivity index (χ0v) is 12.4. The van der Waals surface area contributed by atoms with Crippen molar-refractivity contribution in [1.82, 2.24) is 10.3 Å². The molecule has 2 heterocycles. The van der Waals surface area contributed by atoms with Crippen LogP contribution in [-0.4, -0.2) is 21.4 Å². The van der Waals surface area contributed by atoms with Crippen LogP contribution < -0.4 is 5.32 Å². The Balaban J connectivity index is 1.61. The first-order valence-electron chi connectivity index (χ1n) is 6.62. The summed E-state index contributed by atoms with van der Waals surface area (Å²) in [5, 5.41) is 8.01. The molecule has 18 heavy (non-hydrogen) atoms. The second kappa shape index (κ2) is 5.21. The topological polar surface area (TPSA) is 37.3 Å². The van der Waals surface area contributed by atoms with Gasteiger partial charge in [-0.2, -0.15) is 0 Å². The minimum atomic E-state index is 0.362. The summed E-state index contributed by atoms with van der Waals surface area (Å²) in [5.41, 5.74) is 1.46. The predicted octanol–water partition coefficient (Wildman–Crippen LogP) is 3.35. The number of aliphatic imine (C=N–C) groups is 1. The van der Waals surface area contributed by atoms with Crippen molar-refractivity contribution in [2.24, 2.45) is 4.99 Å². The van der Waals surface area contributed by atoms with E-state index in [4.69, 9.17) is 0 Å². The van der Waals surface area contributed by atoms with Crippen LogP contribution in [0.1, 0.15) is 42.8 Å². The van der Waals surface area contributed by atoms with Gasteiger partial charge in [-0.25, -0.2) is 4.98 Å². The van der Waals surface area contributed by atoms with Gasteiger partial charge in [0.2, 0.25) is 0 Å². The second-order valence-electron chi connectivity index (χ2n) is 5.26. The molecule has 2 fully saturated rings. The molecule has 0 atom stereocenters. The number of amidine groups is 1. The fourth-order valence-corrected chi connectivity index (χ4v) is 4.62. The highest BCUT2D eigenvalue weighted by Crippen LogP contribution is 2.36. The number of thioether (sulfide) groups is 1. The summed E-state index contributed by atoms with van der Waals surface area (Å²) in [5.74, 6) is 1.20. The largest absolute Gasteiger partial charge is 0.359 e. The van der Waals surface area contributed by atoms with E-state index in [1.165, 1.54) is 37.9 Å². The minimum absolute atomic E-state index is 0.362. The normalized spacial score (nSPS) is 24.6. The van der Waals surface area contributed by atoms with Crippen LogP contribution in [0.4, 0.5) is 0 Å². The van der Waals surface area contributed by atoms with Crippen LogP contribution in [0.25, 0.3) is 0 Å². The van der Waals surface area contributed by atoms with Crippen LogP contribution in [0.3, 0.4) is 0 Å². The van der Waals surface area contributed by atoms with Gasteiger partial charge >= 0.3 is 0 Å². The third-order valence-electron chi connectivity index (χ3n) is 3.69. The summed E-state index contributed by atoms with van der Waals surface area (Å²) >= 11 is 3.59. The van der Waals surface area contributed by atoms with Crippen molar-refractivity contribution >= 4 is 28.3 Å². The summed E-state index contributed by atoms with van der Waals surface area (Å²) in [6.45, 7) is 2.76. The van der Waals surface area contributed by atoms with Gasteiger partial charge in [0.05, 0.1) is 6.54 Å². The molecule has 2 aliphatic rings. The van der Waals surface area contributed by atoms with Gasteiger partial charge in [0, 0.05) is 22.4 Å². The fourth-order valence-electron chi connectivity index (χ4n) is 2.70. The molecule has 0 bridgehead atoms. The molecule has 1 aliphatic carbocycles. The molecule has 1 aromatic rings. The van der Waals surface area contributed by atoms with E-state index in [9.17, 15) is 0 Å². The number of nitrogens with one attached hydrogen (secondary N) is 1. The summed E-state index contributed by atoms with van der Waals surface area (Å²) in [6, 6.07) is 0. The maximum Gasteiger partial charge on any atom is 0.157 e. The highest BCUT2D eigenvalue weighted by molar-refractivity contribution is 8.14. The Morgan fingerprint density at radius 3 is 2.94 bits per heavy atom. The van der Waals surface area contributed by atoms with E-state index in [0.717, 1.165) is 22.4 Å². The molecule has 1 aliphatic heterocycles. The van der Waals surface area contributed by atoms with Crippen LogP contribution >= 0.6 is 23.1 Å². The number of rotatable bonds is 2. The van der Waals surface area contributed by atoms with Crippen molar-refractivity contribution in [3.8, 4) is 0 Å². The molecular weight excluding hydrogens is 262 g/mol. The van der Waals surface area contributed by atoms with Gasteiger partial charge in [-0.15, -0.1) is 11.3 Å². The van der Waals surface area contributed by atoms with Crippen molar-refractivity contribution in [2.75, 3.05) is 5.75 Å². The lowest BCUT2D eigenvalue weighted by atomic mass is 9.83. The Morgan fingerprint density at radius 2 is 2.22 bits per heavy atom. The van der Waals surface area contributed by atoms with E-state index in [2.05, 4.69) is 20.7 Å². The van der Waals surface area contributed by atoms with Gasteiger partial charge in [-0.05, 0) is 19.8 Å². The average Bonchev–Trinajstić information content (AvgIpc) is 2.96. The zero-order chi connectivity index (χ0) is 12.4. The van der Waals surface area contributed by atoms with E-state index < -0.39 is 0 Å². The van der Waals surface area contributed by atoms with Crippen molar-refractivity contribution in [1.29, 1.82) is 0 Å². The Bertz CT molecular complexity index is 447. The van der Waals surface area contributed by atoms with Gasteiger partial charge < -0.3 is 5.32 Å². The van der Waals surface area contributed by atoms with Gasteiger partial charge in [0.1, 0.15) is 5.01 Å². The Kier molecular flexibility index (Phi) is 3.61. The number of nitrogens with zero attached hydrogens (tertiary/aromatic N) is 2. The van der Waals surface area contributed by atoms with Gasteiger partial charge in [-0.1, -0.05) is 31.0 Å². The van der Waals surface area contributed by atoms with Crippen molar-refractivity contribution in [3.63, 3.8) is 0 Å².